The zero-order chi connectivity index (χ0) is 16.8. The van der Waals surface area contributed by atoms with Crippen molar-refractivity contribution in [3.63, 3.8) is 0 Å². The first-order chi connectivity index (χ1) is 10.8. The summed E-state index contributed by atoms with van der Waals surface area (Å²) in [4.78, 5) is 29.5. The van der Waals surface area contributed by atoms with Crippen molar-refractivity contribution < 1.29 is 4.79 Å². The Bertz CT molecular complexity index is 948. The number of aryl methyl sites for hydroxylation is 1. The molecule has 0 saturated heterocycles. The molecule has 0 radical (unpaired) electrons. The monoisotopic (exact) mass is 349 g/mol. The highest BCUT2D eigenvalue weighted by Crippen LogP contribution is 2.27. The Morgan fingerprint density at radius 1 is 1.30 bits per heavy atom. The van der Waals surface area contributed by atoms with E-state index < -0.39 is 5.91 Å². The average Bonchev–Trinajstić information content (AvgIpc) is 3.06. The number of fused-ring (bicyclic) bond motifs is 1. The van der Waals surface area contributed by atoms with Gasteiger partial charge in [0.2, 0.25) is 5.13 Å². The molecule has 1 amide bonds. The predicted molar refractivity (Wildman–Crippen MR) is 90.6 cm³/mol. The summed E-state index contributed by atoms with van der Waals surface area (Å²) in [5.41, 5.74) is 0.209. The van der Waals surface area contributed by atoms with E-state index in [1.807, 2.05) is 26.2 Å². The Hall–Kier alpha value is -2.13. The average molecular weight is 349 g/mol. The summed E-state index contributed by atoms with van der Waals surface area (Å²) in [6.45, 7) is 7.85. The van der Waals surface area contributed by atoms with Crippen LogP contribution >= 0.6 is 22.7 Å². The maximum Gasteiger partial charge on any atom is 0.271 e. The van der Waals surface area contributed by atoms with Crippen molar-refractivity contribution in [3.05, 3.63) is 38.2 Å². The van der Waals surface area contributed by atoms with Crippen LogP contribution in [0.3, 0.4) is 0 Å². The Kier molecular flexibility index (Phi) is 3.77. The van der Waals surface area contributed by atoms with Crippen LogP contribution < -0.4 is 10.9 Å². The van der Waals surface area contributed by atoms with Gasteiger partial charge in [-0.25, -0.2) is 4.98 Å². The summed E-state index contributed by atoms with van der Waals surface area (Å²) in [6, 6.07) is 0. The van der Waals surface area contributed by atoms with Gasteiger partial charge < -0.3 is 0 Å². The third kappa shape index (κ3) is 2.89. The summed E-state index contributed by atoms with van der Waals surface area (Å²) in [7, 11) is 0. The predicted octanol–water partition coefficient (Wildman–Crippen LogP) is 2.47. The fourth-order valence-electron chi connectivity index (χ4n) is 1.92. The first kappa shape index (κ1) is 15.8. The van der Waals surface area contributed by atoms with Gasteiger partial charge in [0, 0.05) is 22.7 Å². The lowest BCUT2D eigenvalue weighted by molar-refractivity contribution is 0.102. The van der Waals surface area contributed by atoms with E-state index in [0.717, 1.165) is 10.7 Å². The molecule has 23 heavy (non-hydrogen) atoms. The number of thiazole rings is 1. The zero-order valence-corrected chi connectivity index (χ0v) is 14.7. The summed E-state index contributed by atoms with van der Waals surface area (Å²) in [5.74, 6) is -0.529. The molecule has 0 atom stereocenters. The van der Waals surface area contributed by atoms with Crippen molar-refractivity contribution in [2.24, 2.45) is 0 Å². The van der Waals surface area contributed by atoms with E-state index in [0.29, 0.717) is 10.1 Å². The summed E-state index contributed by atoms with van der Waals surface area (Å²) in [5, 5.41) is 13.7. The number of rotatable bonds is 2. The second kappa shape index (κ2) is 5.50. The van der Waals surface area contributed by atoms with Crippen LogP contribution in [-0.2, 0) is 5.41 Å². The van der Waals surface area contributed by atoms with Gasteiger partial charge in [0.1, 0.15) is 10.6 Å². The first-order valence-corrected chi connectivity index (χ1v) is 8.58. The van der Waals surface area contributed by atoms with Gasteiger partial charge in [-0.3, -0.25) is 19.3 Å². The van der Waals surface area contributed by atoms with Crippen molar-refractivity contribution in [1.82, 2.24) is 19.6 Å². The van der Waals surface area contributed by atoms with E-state index in [2.05, 4.69) is 20.5 Å². The quantitative estimate of drug-likeness (QED) is 0.768. The molecule has 0 bridgehead atoms. The molecule has 0 aliphatic heterocycles. The van der Waals surface area contributed by atoms with Crippen LogP contribution in [0.1, 0.15) is 41.8 Å². The maximum atomic E-state index is 12.4. The summed E-state index contributed by atoms with van der Waals surface area (Å²) < 4.78 is 1.43. The molecular formula is C14H15N5O2S2. The van der Waals surface area contributed by atoms with Gasteiger partial charge in [0.05, 0.1) is 0 Å². The molecule has 0 aliphatic rings. The van der Waals surface area contributed by atoms with Crippen molar-refractivity contribution in [1.29, 1.82) is 0 Å². The number of hydrogen-bond acceptors (Lipinski definition) is 7. The molecule has 3 heterocycles. The standard InChI is InChI=1S/C14H15N5O2S2/c1-7-6-22-13-15-5-8(10(21)19(7)13)9(20)16-12-18-17-11(23-12)14(2,3)4/h5-6H,1-4H3,(H,16,18,20). The Balaban J connectivity index is 1.92. The lowest BCUT2D eigenvalue weighted by Crippen LogP contribution is -2.26. The number of amides is 1. The molecule has 3 rings (SSSR count). The third-order valence-electron chi connectivity index (χ3n) is 3.15. The molecule has 9 heteroatoms. The fraction of sp³-hybridized carbons (Fsp3) is 0.357. The lowest BCUT2D eigenvalue weighted by atomic mass is 9.98. The van der Waals surface area contributed by atoms with Gasteiger partial charge in [-0.2, -0.15) is 0 Å². The Morgan fingerprint density at radius 2 is 2.04 bits per heavy atom. The van der Waals surface area contributed by atoms with E-state index in [4.69, 9.17) is 0 Å². The van der Waals surface area contributed by atoms with Crippen molar-refractivity contribution >= 4 is 38.7 Å². The molecule has 3 aromatic rings. The van der Waals surface area contributed by atoms with Crippen LogP contribution in [0.25, 0.3) is 4.96 Å². The highest BCUT2D eigenvalue weighted by atomic mass is 32.1. The summed E-state index contributed by atoms with van der Waals surface area (Å²) in [6.07, 6.45) is 1.30. The number of aromatic nitrogens is 4. The topological polar surface area (TPSA) is 89.2 Å². The number of anilines is 1. The largest absolute Gasteiger partial charge is 0.296 e. The molecule has 0 aromatic carbocycles. The van der Waals surface area contributed by atoms with Crippen LogP contribution in [0.2, 0.25) is 0 Å². The molecule has 0 aliphatic carbocycles. The number of carbonyl (C=O) groups is 1. The van der Waals surface area contributed by atoms with Crippen LogP contribution in [-0.4, -0.2) is 25.5 Å². The Morgan fingerprint density at radius 3 is 2.70 bits per heavy atom. The van der Waals surface area contributed by atoms with E-state index in [1.54, 1.807) is 6.92 Å². The normalized spacial score (nSPS) is 11.8. The third-order valence-corrected chi connectivity index (χ3v) is 5.37. The van der Waals surface area contributed by atoms with Crippen molar-refractivity contribution in [2.45, 2.75) is 33.1 Å². The van der Waals surface area contributed by atoms with E-state index in [9.17, 15) is 9.59 Å². The first-order valence-electron chi connectivity index (χ1n) is 6.88. The van der Waals surface area contributed by atoms with Crippen LogP contribution in [0.4, 0.5) is 5.13 Å². The molecule has 0 fully saturated rings. The van der Waals surface area contributed by atoms with E-state index in [1.165, 1.54) is 33.3 Å². The molecule has 3 aromatic heterocycles. The summed E-state index contributed by atoms with van der Waals surface area (Å²) >= 11 is 2.65. The lowest BCUT2D eigenvalue weighted by Gasteiger charge is -2.12. The number of nitrogens with one attached hydrogen (secondary N) is 1. The Labute approximate surface area is 140 Å². The molecule has 1 N–H and O–H groups in total. The van der Waals surface area contributed by atoms with Gasteiger partial charge in [0.25, 0.3) is 11.5 Å². The van der Waals surface area contributed by atoms with Gasteiger partial charge in [-0.1, -0.05) is 32.1 Å². The zero-order valence-electron chi connectivity index (χ0n) is 13.1. The van der Waals surface area contributed by atoms with E-state index >= 15 is 0 Å². The molecule has 0 spiro atoms. The van der Waals surface area contributed by atoms with Gasteiger partial charge in [0.15, 0.2) is 4.96 Å². The minimum atomic E-state index is -0.529. The van der Waals surface area contributed by atoms with Crippen molar-refractivity contribution in [3.8, 4) is 0 Å². The number of carbonyl (C=O) groups excluding carboxylic acids is 1. The molecular weight excluding hydrogens is 334 g/mol. The number of nitrogens with zero attached hydrogens (tertiary/aromatic N) is 4. The van der Waals surface area contributed by atoms with Crippen LogP contribution in [0.5, 0.6) is 0 Å². The smallest absolute Gasteiger partial charge is 0.271 e. The minimum absolute atomic E-state index is 0.0171. The van der Waals surface area contributed by atoms with E-state index in [-0.39, 0.29) is 16.5 Å². The van der Waals surface area contributed by atoms with Gasteiger partial charge in [-0.15, -0.1) is 21.5 Å². The second-order valence-electron chi connectivity index (χ2n) is 6.09. The van der Waals surface area contributed by atoms with Gasteiger partial charge >= 0.3 is 0 Å². The van der Waals surface area contributed by atoms with Crippen molar-refractivity contribution in [2.75, 3.05) is 5.32 Å². The SMILES string of the molecule is Cc1csc2ncc(C(=O)Nc3nnc(C(C)(C)C)s3)c(=O)n12. The van der Waals surface area contributed by atoms with Crippen LogP contribution in [0.15, 0.2) is 16.4 Å². The molecule has 120 valence electrons. The molecule has 0 saturated carbocycles. The van der Waals surface area contributed by atoms with Gasteiger partial charge in [-0.05, 0) is 6.92 Å². The minimum Gasteiger partial charge on any atom is -0.296 e. The second-order valence-corrected chi connectivity index (χ2v) is 7.90. The molecule has 0 unspecified atom stereocenters. The van der Waals surface area contributed by atoms with Crippen LogP contribution in [0, 0.1) is 6.92 Å². The fourth-order valence-corrected chi connectivity index (χ4v) is 3.55. The highest BCUT2D eigenvalue weighted by Gasteiger charge is 2.21. The maximum absolute atomic E-state index is 12.4. The molecule has 7 nitrogen and oxygen atoms in total. The number of hydrogen-bond donors (Lipinski definition) is 1. The highest BCUT2D eigenvalue weighted by molar-refractivity contribution is 7.15.